The highest BCUT2D eigenvalue weighted by atomic mass is 16.2. The third kappa shape index (κ3) is 3.91. The quantitative estimate of drug-likeness (QED) is 0.449. The number of carbonyl (C=O) groups is 3. The molecule has 0 saturated heterocycles. The number of hydrogen-bond donors (Lipinski definition) is 1. The minimum Gasteiger partial charge on any atom is -0.352 e. The second-order valence-corrected chi connectivity index (χ2v) is 8.09. The van der Waals surface area contributed by atoms with Crippen LogP contribution in [0.4, 0.5) is 0 Å². The van der Waals surface area contributed by atoms with Gasteiger partial charge < -0.3 is 9.88 Å². The lowest BCUT2D eigenvalue weighted by molar-refractivity contribution is -0.125. The number of carbonyl (C=O) groups excluding carboxylic acids is 3. The van der Waals surface area contributed by atoms with Gasteiger partial charge in [-0.1, -0.05) is 60.7 Å². The highest BCUT2D eigenvalue weighted by Gasteiger charge is 2.42. The van der Waals surface area contributed by atoms with Crippen molar-refractivity contribution in [1.29, 1.82) is 0 Å². The Balaban J connectivity index is 1.36. The SMILES string of the molecule is O=C(NCCn1ccc2ccccc21)C(Cc1ccccc1)N1C(=O)c2ccccc2C1=O. The number of benzene rings is 3. The summed E-state index contributed by atoms with van der Waals surface area (Å²) in [6.07, 6.45) is 2.24. The van der Waals surface area contributed by atoms with Crippen LogP contribution in [0, 0.1) is 0 Å². The number of para-hydroxylation sites is 1. The number of fused-ring (bicyclic) bond motifs is 2. The summed E-state index contributed by atoms with van der Waals surface area (Å²) in [5.41, 5.74) is 2.65. The molecule has 0 fully saturated rings. The van der Waals surface area contributed by atoms with Gasteiger partial charge in [-0.15, -0.1) is 0 Å². The van der Waals surface area contributed by atoms with E-state index in [1.807, 2.05) is 66.9 Å². The van der Waals surface area contributed by atoms with Gasteiger partial charge in [0.25, 0.3) is 11.8 Å². The highest BCUT2D eigenvalue weighted by molar-refractivity contribution is 6.22. The molecule has 0 saturated carbocycles. The maximum Gasteiger partial charge on any atom is 0.262 e. The van der Waals surface area contributed by atoms with Crippen LogP contribution in [0.2, 0.25) is 0 Å². The first-order chi connectivity index (χ1) is 16.1. The van der Waals surface area contributed by atoms with E-state index >= 15 is 0 Å². The van der Waals surface area contributed by atoms with Gasteiger partial charge >= 0.3 is 0 Å². The monoisotopic (exact) mass is 437 g/mol. The van der Waals surface area contributed by atoms with Gasteiger partial charge in [0.05, 0.1) is 11.1 Å². The summed E-state index contributed by atoms with van der Waals surface area (Å²) < 4.78 is 2.07. The summed E-state index contributed by atoms with van der Waals surface area (Å²) in [5.74, 6) is -1.20. The Bertz CT molecular complexity index is 1310. The minimum atomic E-state index is -0.929. The molecule has 0 radical (unpaired) electrons. The first-order valence-corrected chi connectivity index (χ1v) is 11.0. The van der Waals surface area contributed by atoms with Gasteiger partial charge in [0.15, 0.2) is 0 Å². The minimum absolute atomic E-state index is 0.255. The predicted octanol–water partition coefficient (Wildman–Crippen LogP) is 3.67. The Morgan fingerprint density at radius 3 is 2.15 bits per heavy atom. The molecule has 1 atom stereocenters. The van der Waals surface area contributed by atoms with Crippen molar-refractivity contribution < 1.29 is 14.4 Å². The topological polar surface area (TPSA) is 71.4 Å². The number of amides is 3. The molecule has 1 unspecified atom stereocenters. The molecule has 164 valence electrons. The van der Waals surface area contributed by atoms with Crippen molar-refractivity contribution in [3.8, 4) is 0 Å². The van der Waals surface area contributed by atoms with Gasteiger partial charge in [0.2, 0.25) is 5.91 Å². The van der Waals surface area contributed by atoms with Crippen LogP contribution in [0.3, 0.4) is 0 Å². The number of aromatic nitrogens is 1. The van der Waals surface area contributed by atoms with Gasteiger partial charge in [-0.05, 0) is 35.2 Å². The van der Waals surface area contributed by atoms with E-state index in [-0.39, 0.29) is 12.3 Å². The van der Waals surface area contributed by atoms with Crippen LogP contribution in [0.25, 0.3) is 10.9 Å². The summed E-state index contributed by atoms with van der Waals surface area (Å²) in [7, 11) is 0. The Morgan fingerprint density at radius 2 is 1.42 bits per heavy atom. The molecular formula is C27H23N3O3. The molecule has 3 aromatic carbocycles. The average molecular weight is 437 g/mol. The number of imide groups is 1. The zero-order valence-electron chi connectivity index (χ0n) is 18.0. The highest BCUT2D eigenvalue weighted by Crippen LogP contribution is 2.26. The third-order valence-corrected chi connectivity index (χ3v) is 6.04. The zero-order valence-corrected chi connectivity index (χ0v) is 18.0. The molecule has 2 heterocycles. The molecule has 33 heavy (non-hydrogen) atoms. The molecule has 3 amide bonds. The van der Waals surface area contributed by atoms with E-state index in [0.29, 0.717) is 24.2 Å². The fraction of sp³-hybridized carbons (Fsp3) is 0.148. The molecule has 1 aliphatic heterocycles. The largest absolute Gasteiger partial charge is 0.352 e. The summed E-state index contributed by atoms with van der Waals surface area (Å²) in [6, 6.07) is 25.3. The van der Waals surface area contributed by atoms with Crippen molar-refractivity contribution in [3.05, 3.63) is 108 Å². The fourth-order valence-electron chi connectivity index (χ4n) is 4.38. The summed E-state index contributed by atoms with van der Waals surface area (Å²) in [6.45, 7) is 0.964. The molecule has 6 heteroatoms. The number of nitrogens with one attached hydrogen (secondary N) is 1. The molecule has 0 aliphatic carbocycles. The average Bonchev–Trinajstić information content (AvgIpc) is 3.37. The second kappa shape index (κ2) is 8.74. The zero-order chi connectivity index (χ0) is 22.8. The van der Waals surface area contributed by atoms with Crippen LogP contribution in [-0.2, 0) is 17.8 Å². The van der Waals surface area contributed by atoms with E-state index in [2.05, 4.69) is 9.88 Å². The van der Waals surface area contributed by atoms with Crippen molar-refractivity contribution in [2.45, 2.75) is 19.0 Å². The standard InChI is InChI=1S/C27H23N3O3/c31-25(28-15-17-29-16-14-20-10-4-7-13-23(20)29)24(18-19-8-2-1-3-9-19)30-26(32)21-11-5-6-12-22(21)27(30)33/h1-14,16,24H,15,17-18H2,(H,28,31). The van der Waals surface area contributed by atoms with Crippen LogP contribution in [0.1, 0.15) is 26.3 Å². The van der Waals surface area contributed by atoms with Crippen LogP contribution in [-0.4, -0.2) is 39.8 Å². The van der Waals surface area contributed by atoms with Crippen molar-refractivity contribution in [3.63, 3.8) is 0 Å². The number of hydrogen-bond acceptors (Lipinski definition) is 3. The van der Waals surface area contributed by atoms with Gasteiger partial charge in [-0.25, -0.2) is 0 Å². The van der Waals surface area contributed by atoms with Crippen molar-refractivity contribution in [2.24, 2.45) is 0 Å². The maximum atomic E-state index is 13.3. The first-order valence-electron chi connectivity index (χ1n) is 11.0. The molecule has 0 spiro atoms. The Labute approximate surface area is 191 Å². The van der Waals surface area contributed by atoms with Crippen LogP contribution >= 0.6 is 0 Å². The van der Waals surface area contributed by atoms with Gasteiger partial charge in [0.1, 0.15) is 6.04 Å². The molecular weight excluding hydrogens is 414 g/mol. The normalized spacial score (nSPS) is 13.9. The van der Waals surface area contributed by atoms with E-state index in [0.717, 1.165) is 21.4 Å². The van der Waals surface area contributed by atoms with E-state index in [1.165, 1.54) is 0 Å². The van der Waals surface area contributed by atoms with Gasteiger partial charge in [-0.3, -0.25) is 19.3 Å². The second-order valence-electron chi connectivity index (χ2n) is 8.09. The van der Waals surface area contributed by atoms with Gasteiger partial charge in [-0.2, -0.15) is 0 Å². The maximum absolute atomic E-state index is 13.3. The van der Waals surface area contributed by atoms with E-state index < -0.39 is 17.9 Å². The first kappa shape index (κ1) is 20.7. The fourth-order valence-corrected chi connectivity index (χ4v) is 4.38. The van der Waals surface area contributed by atoms with E-state index in [9.17, 15) is 14.4 Å². The van der Waals surface area contributed by atoms with E-state index in [4.69, 9.17) is 0 Å². The summed E-state index contributed by atoms with van der Waals surface area (Å²) in [4.78, 5) is 40.6. The van der Waals surface area contributed by atoms with Crippen LogP contribution in [0.5, 0.6) is 0 Å². The molecule has 6 nitrogen and oxygen atoms in total. The lowest BCUT2D eigenvalue weighted by Crippen LogP contribution is -2.51. The summed E-state index contributed by atoms with van der Waals surface area (Å²) >= 11 is 0. The Morgan fingerprint density at radius 1 is 0.788 bits per heavy atom. The molecule has 5 rings (SSSR count). The van der Waals surface area contributed by atoms with Crippen molar-refractivity contribution in [1.82, 2.24) is 14.8 Å². The molecule has 0 bridgehead atoms. The molecule has 1 N–H and O–H groups in total. The van der Waals surface area contributed by atoms with Crippen LogP contribution in [0.15, 0.2) is 91.1 Å². The predicted molar refractivity (Wildman–Crippen MR) is 126 cm³/mol. The van der Waals surface area contributed by atoms with Crippen LogP contribution < -0.4 is 5.32 Å². The number of nitrogens with zero attached hydrogens (tertiary/aromatic N) is 2. The van der Waals surface area contributed by atoms with Crippen molar-refractivity contribution in [2.75, 3.05) is 6.54 Å². The smallest absolute Gasteiger partial charge is 0.262 e. The van der Waals surface area contributed by atoms with Gasteiger partial charge in [0, 0.05) is 31.2 Å². The lowest BCUT2D eigenvalue weighted by atomic mass is 10.0. The molecule has 1 aromatic heterocycles. The van der Waals surface area contributed by atoms with Crippen molar-refractivity contribution >= 4 is 28.6 Å². The molecule has 1 aliphatic rings. The molecule has 4 aromatic rings. The third-order valence-electron chi connectivity index (χ3n) is 6.04. The Hall–Kier alpha value is -4.19. The number of rotatable bonds is 7. The summed E-state index contributed by atoms with van der Waals surface area (Å²) in [5, 5.41) is 4.08. The Kier molecular flexibility index (Phi) is 5.48. The van der Waals surface area contributed by atoms with E-state index in [1.54, 1.807) is 24.3 Å². The lowest BCUT2D eigenvalue weighted by Gasteiger charge is -2.25.